The highest BCUT2D eigenvalue weighted by molar-refractivity contribution is 6.26. The number of nitrogens with two attached hydrogens (primary N) is 2. The van der Waals surface area contributed by atoms with Crippen molar-refractivity contribution >= 4 is 71.3 Å². The maximum absolute atomic E-state index is 13.7. The lowest BCUT2D eigenvalue weighted by Crippen LogP contribution is -2.70. The van der Waals surface area contributed by atoms with Gasteiger partial charge in [-0.2, -0.15) is 0 Å². The number of ketones is 4. The number of fused-ring (bicyclic) bond motifs is 6. The van der Waals surface area contributed by atoms with E-state index < -0.39 is 151 Å². The summed E-state index contributed by atoms with van der Waals surface area (Å²) < 4.78 is 0. The van der Waals surface area contributed by atoms with E-state index in [4.69, 9.17) is 11.5 Å². The van der Waals surface area contributed by atoms with E-state index in [1.807, 2.05) is 0 Å². The molecule has 6 aliphatic rings. The van der Waals surface area contributed by atoms with E-state index in [-0.39, 0.29) is 52.9 Å². The van der Waals surface area contributed by atoms with Crippen molar-refractivity contribution in [1.82, 2.24) is 9.80 Å². The van der Waals surface area contributed by atoms with Gasteiger partial charge in [-0.25, -0.2) is 0 Å². The molecular formula is C44H52Cl2N4O17. The van der Waals surface area contributed by atoms with Gasteiger partial charge in [-0.15, -0.1) is 24.8 Å². The minimum Gasteiger partial charge on any atom is -0.508 e. The average molecular weight is 980 g/mol. The van der Waals surface area contributed by atoms with Gasteiger partial charge in [-0.05, 0) is 63.3 Å². The number of aromatic hydroxyl groups is 2. The average Bonchev–Trinajstić information content (AvgIpc) is 3.20. The van der Waals surface area contributed by atoms with Gasteiger partial charge in [0.2, 0.25) is 11.6 Å². The molecule has 12 atom stereocenters. The second-order valence-corrected chi connectivity index (χ2v) is 17.6. The highest BCUT2D eigenvalue weighted by atomic mass is 35.5. The Bertz CT molecular complexity index is 2470. The van der Waals surface area contributed by atoms with E-state index in [2.05, 4.69) is 0 Å². The monoisotopic (exact) mass is 978 g/mol. The van der Waals surface area contributed by atoms with E-state index in [9.17, 15) is 79.8 Å². The topological polar surface area (TPSA) is 395 Å². The molecule has 0 bridgehead atoms. The fraction of sp³-hybridized carbons (Fsp3) is 0.409. The molecule has 21 nitrogen and oxygen atoms in total. The number of likely N-dealkylation sites (N-methyl/N-ethyl adjacent to an activating group) is 2. The van der Waals surface area contributed by atoms with Crippen LogP contribution < -0.4 is 11.5 Å². The predicted octanol–water partition coefficient (Wildman–Crippen LogP) is -0.989. The smallest absolute Gasteiger partial charge is 0.255 e. The molecule has 2 fully saturated rings. The maximum atomic E-state index is 13.7. The van der Waals surface area contributed by atoms with Crippen molar-refractivity contribution in [2.75, 3.05) is 28.2 Å². The Kier molecular flexibility index (Phi) is 14.4. The largest absolute Gasteiger partial charge is 0.508 e. The second kappa shape index (κ2) is 18.0. The highest BCUT2D eigenvalue weighted by Gasteiger charge is 2.70. The summed E-state index contributed by atoms with van der Waals surface area (Å²) in [6, 6.07) is 6.26. The molecule has 6 aliphatic carbocycles. The van der Waals surface area contributed by atoms with Crippen LogP contribution in [0.25, 0.3) is 11.5 Å². The minimum absolute atomic E-state index is 0. The van der Waals surface area contributed by atoms with Gasteiger partial charge in [-0.3, -0.25) is 38.6 Å². The number of primary amides is 2. The Hall–Kier alpha value is -5.88. The number of Topliss-reactive ketones (excluding diaryl/α,β-unsaturated/α-hetero) is 4. The summed E-state index contributed by atoms with van der Waals surface area (Å²) in [6.45, 7) is 3.35. The summed E-state index contributed by atoms with van der Waals surface area (Å²) in [5.74, 6) is -17.7. The van der Waals surface area contributed by atoms with Crippen LogP contribution in [-0.2, 0) is 28.8 Å². The molecule has 364 valence electrons. The third-order valence-electron chi connectivity index (χ3n) is 14.0. The number of carbonyl (C=O) groups excluding carboxylic acids is 6. The molecule has 2 aromatic carbocycles. The second-order valence-electron chi connectivity index (χ2n) is 17.6. The number of rotatable bonds is 4. The Morgan fingerprint density at radius 1 is 0.582 bits per heavy atom. The van der Waals surface area contributed by atoms with Crippen molar-refractivity contribution in [3.8, 4) is 11.5 Å². The number of aliphatic hydroxyl groups is 8. The Labute approximate surface area is 393 Å². The lowest BCUT2D eigenvalue weighted by Gasteiger charge is -2.53. The van der Waals surface area contributed by atoms with Crippen molar-refractivity contribution in [2.45, 2.75) is 61.2 Å². The maximum Gasteiger partial charge on any atom is 0.255 e. The minimum atomic E-state index is -2.89. The quantitative estimate of drug-likeness (QED) is 0.164. The molecule has 67 heavy (non-hydrogen) atoms. The molecule has 0 heterocycles. The van der Waals surface area contributed by atoms with E-state index >= 15 is 0 Å². The summed E-state index contributed by atoms with van der Waals surface area (Å²) in [5, 5.41) is 110. The normalized spacial score (nSPS) is 32.8. The van der Waals surface area contributed by atoms with Crippen LogP contribution in [0.1, 0.15) is 47.9 Å². The van der Waals surface area contributed by atoms with Crippen molar-refractivity contribution in [2.24, 2.45) is 35.1 Å². The van der Waals surface area contributed by atoms with Crippen LogP contribution in [0, 0.1) is 23.7 Å². The first-order valence-corrected chi connectivity index (χ1v) is 20.0. The van der Waals surface area contributed by atoms with Gasteiger partial charge in [0.15, 0.2) is 22.8 Å². The summed E-state index contributed by atoms with van der Waals surface area (Å²) in [5.41, 5.74) is 2.94. The lowest BCUT2D eigenvalue weighted by atomic mass is 9.54. The summed E-state index contributed by atoms with van der Waals surface area (Å²) >= 11 is 0. The Balaban J connectivity index is 0.000000280. The number of halogens is 2. The molecular weight excluding hydrogens is 927 g/mol. The number of phenols is 2. The van der Waals surface area contributed by atoms with E-state index in [1.54, 1.807) is 38.1 Å². The highest BCUT2D eigenvalue weighted by Crippen LogP contribution is 2.58. The fourth-order valence-corrected chi connectivity index (χ4v) is 11.2. The van der Waals surface area contributed by atoms with Crippen LogP contribution in [-0.4, -0.2) is 165 Å². The van der Waals surface area contributed by atoms with Gasteiger partial charge >= 0.3 is 0 Å². The van der Waals surface area contributed by atoms with Crippen molar-refractivity contribution in [3.63, 3.8) is 0 Å². The van der Waals surface area contributed by atoms with E-state index in [0.717, 1.165) is 0 Å². The number of carbonyl (C=O) groups is 6. The number of hydrogen-bond acceptors (Lipinski definition) is 18. The molecule has 23 heteroatoms. The van der Waals surface area contributed by atoms with E-state index in [1.165, 1.54) is 50.1 Å². The first-order valence-electron chi connectivity index (χ1n) is 20.0. The summed E-state index contributed by atoms with van der Waals surface area (Å²) in [7, 11) is 5.84. The van der Waals surface area contributed by atoms with Crippen LogP contribution in [0.4, 0.5) is 0 Å². The SMILES string of the molecule is C[C@H]1c2cccc(O)c2C(O)=C2C(=O)[C@]3(O)C(O)=C(C(N)=O)C(=O)[C@@H](N(C)C)[C@H]3[C@@H](O)[C@@H]21.C[C@H]1c2cccc(O)c2C(O)=C2C(=O)[C@]3(O)C(O)=C(C(N)=O)C(=O)[C@@H](N(C)C)[C@H]3[C@@H](O)[C@@H]21.Cl.Cl.O. The van der Waals surface area contributed by atoms with Gasteiger partial charge in [0.05, 0.1) is 47.3 Å². The molecule has 8 rings (SSSR count). The van der Waals surface area contributed by atoms with E-state index in [0.29, 0.717) is 11.1 Å². The van der Waals surface area contributed by atoms with Crippen molar-refractivity contribution < 1.29 is 85.3 Å². The third kappa shape index (κ3) is 7.02. The predicted molar refractivity (Wildman–Crippen MR) is 239 cm³/mol. The molecule has 0 saturated heterocycles. The van der Waals surface area contributed by atoms with Crippen LogP contribution in [0.5, 0.6) is 11.5 Å². The third-order valence-corrected chi connectivity index (χ3v) is 14.0. The van der Waals surface area contributed by atoms with Gasteiger partial charge in [-0.1, -0.05) is 38.1 Å². The number of benzene rings is 2. The first kappa shape index (κ1) is 53.7. The van der Waals surface area contributed by atoms with Crippen LogP contribution >= 0.6 is 24.8 Å². The zero-order chi connectivity index (χ0) is 47.7. The molecule has 0 aliphatic heterocycles. The molecule has 0 aromatic heterocycles. The van der Waals surface area contributed by atoms with Crippen LogP contribution in [0.15, 0.2) is 70.2 Å². The standard InChI is InChI=1S/2C22H24N2O8.2ClH.H2O/c2*1-7-8-5-4-6-9(25)11(8)16(26)12-10(7)17(27)14-15(24(2)3)18(28)13(21(23)31)20(30)22(14,32)19(12)29;;;/h2*4-7,10,14-15,17,25-27,30,32H,1-3H3,(H2,23,31);2*1H;1H2/t2*7-,10+,14-,15-,17-,22-;;;/m00.../s1. The number of nitrogens with zero attached hydrogens (tertiary/aromatic N) is 2. The summed E-state index contributed by atoms with van der Waals surface area (Å²) in [4.78, 5) is 79.9. The van der Waals surface area contributed by atoms with Crippen LogP contribution in [0.3, 0.4) is 0 Å². The number of phenolic OH excluding ortho intramolecular Hbond substituents is 2. The van der Waals surface area contributed by atoms with Crippen molar-refractivity contribution in [3.05, 3.63) is 92.5 Å². The number of amides is 2. The van der Waals surface area contributed by atoms with Crippen molar-refractivity contribution in [1.29, 1.82) is 0 Å². The molecule has 2 aromatic rings. The molecule has 0 spiro atoms. The number of hydrogen-bond donors (Lipinski definition) is 12. The van der Waals surface area contributed by atoms with Gasteiger partial charge in [0.1, 0.15) is 45.7 Å². The Morgan fingerprint density at radius 3 is 1.15 bits per heavy atom. The zero-order valence-electron chi connectivity index (χ0n) is 36.5. The molecule has 16 N–H and O–H groups in total. The number of aliphatic hydroxyl groups excluding tert-OH is 6. The zero-order valence-corrected chi connectivity index (χ0v) is 38.2. The summed E-state index contributed by atoms with van der Waals surface area (Å²) in [6.07, 6.45) is -3.18. The molecule has 0 radical (unpaired) electrons. The molecule has 0 unspecified atom stereocenters. The lowest BCUT2D eigenvalue weighted by molar-refractivity contribution is -0.170. The van der Waals surface area contributed by atoms with Gasteiger partial charge in [0, 0.05) is 23.0 Å². The van der Waals surface area contributed by atoms with Crippen LogP contribution in [0.2, 0.25) is 0 Å². The molecule has 2 amide bonds. The first-order chi connectivity index (χ1) is 29.7. The molecule has 2 saturated carbocycles. The Morgan fingerprint density at radius 2 is 0.881 bits per heavy atom. The van der Waals surface area contributed by atoms with Gasteiger partial charge < -0.3 is 68.0 Å². The van der Waals surface area contributed by atoms with Gasteiger partial charge in [0.25, 0.3) is 11.8 Å². The fourth-order valence-electron chi connectivity index (χ4n) is 11.2.